The number of amides is 2. The quantitative estimate of drug-likeness (QED) is 0.332. The van der Waals surface area contributed by atoms with E-state index in [-0.39, 0.29) is 24.0 Å². The second-order valence-electron chi connectivity index (χ2n) is 7.61. The van der Waals surface area contributed by atoms with Crippen molar-refractivity contribution in [1.82, 2.24) is 14.8 Å². The van der Waals surface area contributed by atoms with E-state index in [0.29, 0.717) is 28.2 Å². The summed E-state index contributed by atoms with van der Waals surface area (Å²) in [7, 11) is 0. The zero-order valence-corrected chi connectivity index (χ0v) is 20.4. The van der Waals surface area contributed by atoms with Crippen molar-refractivity contribution in [3.8, 4) is 0 Å². The third kappa shape index (κ3) is 6.46. The van der Waals surface area contributed by atoms with E-state index in [4.69, 9.17) is 11.6 Å². The molecule has 0 bridgehead atoms. The Balaban J connectivity index is 1.65. The van der Waals surface area contributed by atoms with Gasteiger partial charge in [-0.05, 0) is 44.0 Å². The number of nitrogens with one attached hydrogen (secondary N) is 2. The number of allylic oxidation sites excluding steroid dienone is 1. The fraction of sp³-hybridized carbons (Fsp3) is 0.250. The zero-order chi connectivity index (χ0) is 24.0. The van der Waals surface area contributed by atoms with E-state index in [0.717, 1.165) is 22.4 Å². The summed E-state index contributed by atoms with van der Waals surface area (Å²) in [6, 6.07) is 11.1. The highest BCUT2D eigenvalue weighted by Crippen LogP contribution is 2.24. The lowest BCUT2D eigenvalue weighted by Crippen LogP contribution is -2.18. The number of thioether (sulfide) groups is 1. The highest BCUT2D eigenvalue weighted by atomic mass is 35.5. The van der Waals surface area contributed by atoms with E-state index >= 15 is 0 Å². The molecule has 0 atom stereocenters. The Morgan fingerprint density at radius 3 is 2.45 bits per heavy atom. The van der Waals surface area contributed by atoms with Crippen LogP contribution in [0.4, 0.5) is 11.4 Å². The number of benzene rings is 2. The van der Waals surface area contributed by atoms with E-state index in [1.165, 1.54) is 11.8 Å². The third-order valence-electron chi connectivity index (χ3n) is 4.85. The third-order valence-corrected chi connectivity index (χ3v) is 6.14. The van der Waals surface area contributed by atoms with Gasteiger partial charge in [-0.1, -0.05) is 59.3 Å². The van der Waals surface area contributed by atoms with Gasteiger partial charge in [-0.25, -0.2) is 0 Å². The Morgan fingerprint density at radius 1 is 1.09 bits per heavy atom. The number of hydrogen-bond acceptors (Lipinski definition) is 5. The van der Waals surface area contributed by atoms with Gasteiger partial charge in [-0.3, -0.25) is 9.59 Å². The number of hydrogen-bond donors (Lipinski definition) is 2. The molecule has 0 unspecified atom stereocenters. The largest absolute Gasteiger partial charge is 0.325 e. The monoisotopic (exact) mass is 483 g/mol. The van der Waals surface area contributed by atoms with Crippen molar-refractivity contribution < 1.29 is 9.59 Å². The molecule has 2 amide bonds. The molecule has 172 valence electrons. The van der Waals surface area contributed by atoms with Crippen molar-refractivity contribution in [3.05, 3.63) is 76.6 Å². The number of nitrogens with zero attached hydrogens (tertiary/aromatic N) is 3. The molecule has 2 N–H and O–H groups in total. The normalized spacial score (nSPS) is 10.7. The van der Waals surface area contributed by atoms with Crippen molar-refractivity contribution >= 4 is 46.6 Å². The minimum absolute atomic E-state index is 0.0145. The zero-order valence-electron chi connectivity index (χ0n) is 18.8. The molecule has 1 heterocycles. The Bertz CT molecular complexity index is 1170. The van der Waals surface area contributed by atoms with Crippen LogP contribution in [-0.2, 0) is 22.6 Å². The molecule has 9 heteroatoms. The summed E-state index contributed by atoms with van der Waals surface area (Å²) in [5.74, 6) is 0.239. The molecule has 3 aromatic rings. The first-order valence-corrected chi connectivity index (χ1v) is 11.7. The first-order chi connectivity index (χ1) is 15.8. The number of anilines is 2. The van der Waals surface area contributed by atoms with Gasteiger partial charge in [0.2, 0.25) is 11.8 Å². The van der Waals surface area contributed by atoms with Gasteiger partial charge in [0.05, 0.1) is 22.9 Å². The van der Waals surface area contributed by atoms with Crippen LogP contribution in [0.3, 0.4) is 0 Å². The van der Waals surface area contributed by atoms with E-state index in [2.05, 4.69) is 27.4 Å². The second-order valence-corrected chi connectivity index (χ2v) is 8.96. The number of para-hydroxylation sites is 1. The van der Waals surface area contributed by atoms with Gasteiger partial charge in [0.15, 0.2) is 5.16 Å². The number of aromatic nitrogens is 3. The molecule has 3 rings (SSSR count). The molecular formula is C24H26ClN5O2S. The van der Waals surface area contributed by atoms with Gasteiger partial charge in [0.1, 0.15) is 5.82 Å². The molecular weight excluding hydrogens is 458 g/mol. The summed E-state index contributed by atoms with van der Waals surface area (Å²) in [6.07, 6.45) is 1.71. The Kier molecular flexibility index (Phi) is 8.30. The number of halogens is 1. The highest BCUT2D eigenvalue weighted by Gasteiger charge is 2.17. The molecule has 1 aromatic heterocycles. The molecule has 0 saturated heterocycles. The average molecular weight is 484 g/mol. The molecule has 2 aromatic carbocycles. The minimum Gasteiger partial charge on any atom is -0.325 e. The molecule has 7 nitrogen and oxygen atoms in total. The number of rotatable bonds is 9. The molecule has 0 fully saturated rings. The lowest BCUT2D eigenvalue weighted by atomic mass is 10.1. The molecule has 0 saturated carbocycles. The van der Waals surface area contributed by atoms with Crippen molar-refractivity contribution in [2.24, 2.45) is 0 Å². The predicted molar refractivity (Wildman–Crippen MR) is 134 cm³/mol. The van der Waals surface area contributed by atoms with Gasteiger partial charge in [0.25, 0.3) is 0 Å². The summed E-state index contributed by atoms with van der Waals surface area (Å²) < 4.78 is 1.78. The molecule has 0 aliphatic heterocycles. The van der Waals surface area contributed by atoms with Crippen molar-refractivity contribution in [2.75, 3.05) is 16.4 Å². The van der Waals surface area contributed by atoms with Crippen LogP contribution in [0.5, 0.6) is 0 Å². The summed E-state index contributed by atoms with van der Waals surface area (Å²) in [6.45, 7) is 10.2. The second kappa shape index (κ2) is 11.2. The van der Waals surface area contributed by atoms with Crippen LogP contribution in [0.2, 0.25) is 5.02 Å². The van der Waals surface area contributed by atoms with E-state index in [1.807, 2.05) is 32.9 Å². The lowest BCUT2D eigenvalue weighted by Gasteiger charge is -2.13. The maximum Gasteiger partial charge on any atom is 0.234 e. The maximum atomic E-state index is 12.6. The topological polar surface area (TPSA) is 88.9 Å². The Labute approximate surface area is 202 Å². The minimum atomic E-state index is -0.263. The number of carbonyl (C=O) groups is 2. The van der Waals surface area contributed by atoms with Crippen LogP contribution < -0.4 is 10.6 Å². The molecule has 33 heavy (non-hydrogen) atoms. The van der Waals surface area contributed by atoms with Crippen molar-refractivity contribution in [1.29, 1.82) is 0 Å². The average Bonchev–Trinajstić information content (AvgIpc) is 3.12. The SMILES string of the molecule is C=CCn1c(CC(=O)Nc2ccccc2Cl)nnc1SCC(=O)Nc1c(C)cc(C)cc1C. The maximum absolute atomic E-state index is 12.6. The Morgan fingerprint density at radius 2 is 1.79 bits per heavy atom. The lowest BCUT2D eigenvalue weighted by molar-refractivity contribution is -0.116. The van der Waals surface area contributed by atoms with Crippen LogP contribution in [0.15, 0.2) is 54.2 Å². The summed E-state index contributed by atoms with van der Waals surface area (Å²) in [4.78, 5) is 25.1. The molecule has 0 aliphatic rings. The van der Waals surface area contributed by atoms with Crippen molar-refractivity contribution in [3.63, 3.8) is 0 Å². The number of carbonyl (C=O) groups excluding carboxylic acids is 2. The summed E-state index contributed by atoms with van der Waals surface area (Å²) in [5.41, 5.74) is 4.56. The van der Waals surface area contributed by atoms with E-state index in [9.17, 15) is 9.59 Å². The highest BCUT2D eigenvalue weighted by molar-refractivity contribution is 7.99. The predicted octanol–water partition coefficient (Wildman–Crippen LogP) is 4.95. The van der Waals surface area contributed by atoms with Gasteiger partial charge in [-0.2, -0.15) is 0 Å². The van der Waals surface area contributed by atoms with Gasteiger partial charge in [-0.15, -0.1) is 16.8 Å². The van der Waals surface area contributed by atoms with Crippen LogP contribution in [0, 0.1) is 20.8 Å². The van der Waals surface area contributed by atoms with Gasteiger partial charge in [0, 0.05) is 12.2 Å². The fourth-order valence-corrected chi connectivity index (χ4v) is 4.40. The fourth-order valence-electron chi connectivity index (χ4n) is 3.45. The smallest absolute Gasteiger partial charge is 0.234 e. The number of aryl methyl sites for hydroxylation is 3. The first-order valence-electron chi connectivity index (χ1n) is 10.4. The Hall–Kier alpha value is -3.10. The van der Waals surface area contributed by atoms with Crippen molar-refractivity contribution in [2.45, 2.75) is 38.9 Å². The standard InChI is InChI=1S/C24H26ClN5O2S/c1-5-10-30-20(13-21(31)26-19-9-7-6-8-18(19)25)28-29-24(30)33-14-22(32)27-23-16(3)11-15(2)12-17(23)4/h5-9,11-12H,1,10,13-14H2,2-4H3,(H,26,31)(H,27,32). The molecule has 0 radical (unpaired) electrons. The van der Waals surface area contributed by atoms with Crippen LogP contribution in [-0.4, -0.2) is 32.3 Å². The van der Waals surface area contributed by atoms with Gasteiger partial charge < -0.3 is 15.2 Å². The first kappa shape index (κ1) is 24.5. The van der Waals surface area contributed by atoms with Gasteiger partial charge >= 0.3 is 0 Å². The van der Waals surface area contributed by atoms with Crippen LogP contribution in [0.25, 0.3) is 0 Å². The van der Waals surface area contributed by atoms with Crippen LogP contribution in [0.1, 0.15) is 22.5 Å². The van der Waals surface area contributed by atoms with E-state index < -0.39 is 0 Å². The molecule has 0 aliphatic carbocycles. The van der Waals surface area contributed by atoms with Crippen LogP contribution >= 0.6 is 23.4 Å². The summed E-state index contributed by atoms with van der Waals surface area (Å²) >= 11 is 7.37. The summed E-state index contributed by atoms with van der Waals surface area (Å²) in [5, 5.41) is 15.1. The molecule has 0 spiro atoms. The van der Waals surface area contributed by atoms with E-state index in [1.54, 1.807) is 34.9 Å².